The van der Waals surface area contributed by atoms with E-state index in [0.29, 0.717) is 5.56 Å². The Balaban J connectivity index is 2.69. The molecule has 0 saturated heterocycles. The number of benzene rings is 1. The van der Waals surface area contributed by atoms with E-state index >= 15 is 0 Å². The molecule has 3 nitrogen and oxygen atoms in total. The molecule has 0 fully saturated rings. The molecule has 0 aliphatic carbocycles. The molecular weight excluding hydrogens is 202 g/mol. The minimum atomic E-state index is -0.441. The third-order valence-corrected chi connectivity index (χ3v) is 2.45. The van der Waals surface area contributed by atoms with Crippen molar-refractivity contribution < 1.29 is 9.90 Å². The monoisotopic (exact) mass is 221 g/mol. The van der Waals surface area contributed by atoms with E-state index in [1.54, 1.807) is 12.1 Å². The second kappa shape index (κ2) is 5.23. The lowest BCUT2D eigenvalue weighted by molar-refractivity contribution is 0.0911. The molecule has 1 aromatic rings. The third kappa shape index (κ3) is 3.43. The molecule has 0 saturated carbocycles. The fourth-order valence-electron chi connectivity index (χ4n) is 1.55. The van der Waals surface area contributed by atoms with Gasteiger partial charge in [-0.3, -0.25) is 4.79 Å². The van der Waals surface area contributed by atoms with Crippen molar-refractivity contribution in [2.75, 3.05) is 6.61 Å². The van der Waals surface area contributed by atoms with Crippen molar-refractivity contribution in [1.82, 2.24) is 5.32 Å². The first kappa shape index (κ1) is 12.9. The largest absolute Gasteiger partial charge is 0.394 e. The lowest BCUT2D eigenvalue weighted by Crippen LogP contribution is -2.50. The smallest absolute Gasteiger partial charge is 0.179 e. The van der Waals surface area contributed by atoms with Crippen molar-refractivity contribution in [2.45, 2.75) is 32.4 Å². The number of carbonyl (C=O) groups excluding carboxylic acids is 1. The average Bonchev–Trinajstić information content (AvgIpc) is 2.28. The van der Waals surface area contributed by atoms with Crippen LogP contribution in [0.25, 0.3) is 0 Å². The highest BCUT2D eigenvalue weighted by atomic mass is 16.3. The molecule has 88 valence electrons. The number of ketones is 1. The summed E-state index contributed by atoms with van der Waals surface area (Å²) < 4.78 is 0. The summed E-state index contributed by atoms with van der Waals surface area (Å²) in [6.45, 7) is 5.54. The molecule has 16 heavy (non-hydrogen) atoms. The number of hydrogen-bond acceptors (Lipinski definition) is 3. The predicted molar refractivity (Wildman–Crippen MR) is 64.5 cm³/mol. The fraction of sp³-hybridized carbons (Fsp3) is 0.462. The minimum Gasteiger partial charge on any atom is -0.394 e. The Bertz CT molecular complexity index is 346. The predicted octanol–water partition coefficient (Wildman–Crippen LogP) is 1.62. The summed E-state index contributed by atoms with van der Waals surface area (Å²) in [6.07, 6.45) is 0. The molecule has 0 radical (unpaired) electrons. The molecule has 1 aromatic carbocycles. The first-order valence-corrected chi connectivity index (χ1v) is 5.44. The second-order valence-electron chi connectivity index (χ2n) is 4.64. The Kier molecular flexibility index (Phi) is 4.21. The van der Waals surface area contributed by atoms with E-state index < -0.39 is 5.54 Å². The van der Waals surface area contributed by atoms with Crippen molar-refractivity contribution in [3.8, 4) is 0 Å². The summed E-state index contributed by atoms with van der Waals surface area (Å²) in [5, 5.41) is 12.2. The van der Waals surface area contributed by atoms with Gasteiger partial charge in [0.25, 0.3) is 0 Å². The molecule has 0 spiro atoms. The van der Waals surface area contributed by atoms with Crippen LogP contribution in [0.1, 0.15) is 31.1 Å². The quantitative estimate of drug-likeness (QED) is 0.743. The van der Waals surface area contributed by atoms with E-state index in [4.69, 9.17) is 5.11 Å². The van der Waals surface area contributed by atoms with Crippen LogP contribution in [-0.4, -0.2) is 29.1 Å². The molecule has 2 N–H and O–H groups in total. The van der Waals surface area contributed by atoms with Gasteiger partial charge in [0, 0.05) is 11.1 Å². The Morgan fingerprint density at radius 3 is 2.44 bits per heavy atom. The van der Waals surface area contributed by atoms with E-state index in [-0.39, 0.29) is 18.4 Å². The van der Waals surface area contributed by atoms with Gasteiger partial charge in [0.15, 0.2) is 5.78 Å². The van der Waals surface area contributed by atoms with Gasteiger partial charge in [-0.25, -0.2) is 0 Å². The first-order valence-electron chi connectivity index (χ1n) is 5.44. The van der Waals surface area contributed by atoms with Crippen LogP contribution < -0.4 is 5.32 Å². The van der Waals surface area contributed by atoms with E-state index in [1.165, 1.54) is 0 Å². The lowest BCUT2D eigenvalue weighted by Gasteiger charge is -2.27. The van der Waals surface area contributed by atoms with Gasteiger partial charge in [0.2, 0.25) is 0 Å². The zero-order chi connectivity index (χ0) is 12.2. The number of nitrogens with one attached hydrogen (secondary N) is 1. The van der Waals surface area contributed by atoms with Gasteiger partial charge < -0.3 is 10.4 Å². The Morgan fingerprint density at radius 1 is 1.38 bits per heavy atom. The molecule has 1 atom stereocenters. The van der Waals surface area contributed by atoms with Crippen LogP contribution in [0, 0.1) is 0 Å². The number of rotatable bonds is 5. The van der Waals surface area contributed by atoms with Crippen LogP contribution >= 0.6 is 0 Å². The van der Waals surface area contributed by atoms with Gasteiger partial charge >= 0.3 is 0 Å². The first-order chi connectivity index (χ1) is 7.46. The highest BCUT2D eigenvalue weighted by molar-refractivity contribution is 5.99. The fourth-order valence-corrected chi connectivity index (χ4v) is 1.55. The normalized spacial score (nSPS) is 13.5. The van der Waals surface area contributed by atoms with Crippen molar-refractivity contribution in [1.29, 1.82) is 0 Å². The number of Topliss-reactive ketones (excluding diaryl/α,β-unsaturated/α-hetero) is 1. The van der Waals surface area contributed by atoms with Crippen LogP contribution in [0.15, 0.2) is 30.3 Å². The standard InChI is InChI=1S/C13H19NO2/c1-10(14-13(2,3)9-15)12(16)11-7-5-4-6-8-11/h4-8,10,14-15H,9H2,1-3H3. The van der Waals surface area contributed by atoms with Crippen molar-refractivity contribution in [3.05, 3.63) is 35.9 Å². The van der Waals surface area contributed by atoms with Crippen molar-refractivity contribution in [2.24, 2.45) is 0 Å². The van der Waals surface area contributed by atoms with Gasteiger partial charge in [-0.15, -0.1) is 0 Å². The van der Waals surface area contributed by atoms with Crippen LogP contribution in [0.5, 0.6) is 0 Å². The summed E-state index contributed by atoms with van der Waals surface area (Å²) in [5.41, 5.74) is 0.250. The SMILES string of the molecule is CC(NC(C)(C)CO)C(=O)c1ccccc1. The topological polar surface area (TPSA) is 49.3 Å². The van der Waals surface area contributed by atoms with E-state index in [9.17, 15) is 4.79 Å². The molecule has 0 aliphatic rings. The van der Waals surface area contributed by atoms with Gasteiger partial charge in [0.1, 0.15) is 0 Å². The molecule has 0 aromatic heterocycles. The Morgan fingerprint density at radius 2 is 1.94 bits per heavy atom. The number of hydrogen-bond donors (Lipinski definition) is 2. The summed E-state index contributed by atoms with van der Waals surface area (Å²) in [6, 6.07) is 8.87. The van der Waals surface area contributed by atoms with E-state index in [0.717, 1.165) is 0 Å². The van der Waals surface area contributed by atoms with Gasteiger partial charge in [-0.1, -0.05) is 30.3 Å². The van der Waals surface area contributed by atoms with Crippen molar-refractivity contribution >= 4 is 5.78 Å². The Hall–Kier alpha value is -1.19. The van der Waals surface area contributed by atoms with Crippen LogP contribution in [-0.2, 0) is 0 Å². The maximum absolute atomic E-state index is 12.0. The molecule has 1 rings (SSSR count). The summed E-state index contributed by atoms with van der Waals surface area (Å²) >= 11 is 0. The zero-order valence-electron chi connectivity index (χ0n) is 10.0. The second-order valence-corrected chi connectivity index (χ2v) is 4.64. The average molecular weight is 221 g/mol. The molecule has 3 heteroatoms. The summed E-state index contributed by atoms with van der Waals surface area (Å²) in [5.74, 6) is 0.0436. The molecule has 0 amide bonds. The summed E-state index contributed by atoms with van der Waals surface area (Å²) in [7, 11) is 0. The molecule has 0 aliphatic heterocycles. The van der Waals surface area contributed by atoms with Crippen LogP contribution in [0.3, 0.4) is 0 Å². The summed E-state index contributed by atoms with van der Waals surface area (Å²) in [4.78, 5) is 12.0. The minimum absolute atomic E-state index is 0.000586. The lowest BCUT2D eigenvalue weighted by atomic mass is 10.0. The van der Waals surface area contributed by atoms with Gasteiger partial charge in [-0.05, 0) is 20.8 Å². The molecule has 0 heterocycles. The highest BCUT2D eigenvalue weighted by Crippen LogP contribution is 2.07. The number of aliphatic hydroxyl groups is 1. The van der Waals surface area contributed by atoms with E-state index in [2.05, 4.69) is 5.32 Å². The Labute approximate surface area is 96.5 Å². The maximum atomic E-state index is 12.0. The molecular formula is C13H19NO2. The number of aliphatic hydroxyl groups excluding tert-OH is 1. The maximum Gasteiger partial charge on any atom is 0.179 e. The highest BCUT2D eigenvalue weighted by Gasteiger charge is 2.23. The van der Waals surface area contributed by atoms with Crippen molar-refractivity contribution in [3.63, 3.8) is 0 Å². The zero-order valence-corrected chi connectivity index (χ0v) is 10.0. The molecule has 0 bridgehead atoms. The molecule has 1 unspecified atom stereocenters. The third-order valence-electron chi connectivity index (χ3n) is 2.45. The number of carbonyl (C=O) groups is 1. The van der Waals surface area contributed by atoms with E-state index in [1.807, 2.05) is 39.0 Å². The van der Waals surface area contributed by atoms with Crippen LogP contribution in [0.4, 0.5) is 0 Å². The van der Waals surface area contributed by atoms with Gasteiger partial charge in [0.05, 0.1) is 12.6 Å². The van der Waals surface area contributed by atoms with Crippen LogP contribution in [0.2, 0.25) is 0 Å². The van der Waals surface area contributed by atoms with Gasteiger partial charge in [-0.2, -0.15) is 0 Å².